The number of aromatic carboxylic acids is 1. The summed E-state index contributed by atoms with van der Waals surface area (Å²) in [5.41, 5.74) is 3.14. The van der Waals surface area contributed by atoms with Gasteiger partial charge in [-0.25, -0.2) is 9.78 Å². The van der Waals surface area contributed by atoms with Gasteiger partial charge in [-0.2, -0.15) is 0 Å². The summed E-state index contributed by atoms with van der Waals surface area (Å²) in [6.07, 6.45) is 0.989. The zero-order chi connectivity index (χ0) is 17.4. The Labute approximate surface area is 153 Å². The molecule has 1 N–H and O–H groups in total. The lowest BCUT2D eigenvalue weighted by Gasteiger charge is -2.12. The maximum Gasteiger partial charge on any atom is 0.336 e. The number of carbonyl (C=O) groups is 1. The van der Waals surface area contributed by atoms with E-state index in [1.54, 1.807) is 12.1 Å². The van der Waals surface area contributed by atoms with Gasteiger partial charge < -0.3 is 5.11 Å². The zero-order valence-electron chi connectivity index (χ0n) is 13.1. The van der Waals surface area contributed by atoms with Gasteiger partial charge >= 0.3 is 5.97 Å². The van der Waals surface area contributed by atoms with Gasteiger partial charge in [0.1, 0.15) is 4.34 Å². The van der Waals surface area contributed by atoms with E-state index in [-0.39, 0.29) is 5.56 Å². The Morgan fingerprint density at radius 2 is 2.04 bits per heavy atom. The Morgan fingerprint density at radius 3 is 2.62 bits per heavy atom. The number of carboxylic acids is 1. The fraction of sp³-hybridized carbons (Fsp3) is 0.222. The predicted octanol–water partition coefficient (Wildman–Crippen LogP) is 6.48. The van der Waals surface area contributed by atoms with Crippen molar-refractivity contribution < 1.29 is 9.90 Å². The van der Waals surface area contributed by atoms with Crippen LogP contribution in [0, 0.1) is 0 Å². The average Bonchev–Trinajstić information content (AvgIpc) is 2.90. The van der Waals surface area contributed by atoms with E-state index in [0.717, 1.165) is 12.0 Å². The third-order valence-electron chi connectivity index (χ3n) is 4.18. The molecule has 0 aliphatic heterocycles. The van der Waals surface area contributed by atoms with Crippen molar-refractivity contribution in [1.82, 2.24) is 4.98 Å². The largest absolute Gasteiger partial charge is 0.478 e. The summed E-state index contributed by atoms with van der Waals surface area (Å²) >= 11 is 13.4. The lowest BCUT2D eigenvalue weighted by atomic mass is 9.95. The van der Waals surface area contributed by atoms with Gasteiger partial charge in [-0.1, -0.05) is 43.1 Å². The number of hydrogen-bond acceptors (Lipinski definition) is 3. The molecule has 124 valence electrons. The molecule has 0 aliphatic rings. The summed E-state index contributed by atoms with van der Waals surface area (Å²) in [5.74, 6) is -0.622. The standard InChI is InChI=1S/C18H15Cl2NO2S/c1-3-9(2)10-4-5-14-11(6-10)12(18(22)23)7-15(21-14)13-8-16(19)24-17(13)20/h4-9H,3H2,1-2H3,(H,22,23). The first kappa shape index (κ1) is 17.2. The topological polar surface area (TPSA) is 50.2 Å². The molecule has 0 saturated carbocycles. The molecule has 1 aromatic carbocycles. The van der Waals surface area contributed by atoms with E-state index in [1.165, 1.54) is 11.3 Å². The highest BCUT2D eigenvalue weighted by Crippen LogP contribution is 2.38. The van der Waals surface area contributed by atoms with E-state index in [1.807, 2.05) is 18.2 Å². The maximum atomic E-state index is 11.8. The number of rotatable bonds is 4. The third kappa shape index (κ3) is 3.14. The molecule has 3 nitrogen and oxygen atoms in total. The first-order valence-electron chi connectivity index (χ1n) is 7.54. The average molecular weight is 380 g/mol. The van der Waals surface area contributed by atoms with Gasteiger partial charge in [-0.3, -0.25) is 0 Å². The van der Waals surface area contributed by atoms with E-state index < -0.39 is 5.97 Å². The van der Waals surface area contributed by atoms with Crippen LogP contribution in [0.3, 0.4) is 0 Å². The second kappa shape index (κ2) is 6.71. The first-order chi connectivity index (χ1) is 11.4. The van der Waals surface area contributed by atoms with Crippen LogP contribution in [0.1, 0.15) is 42.1 Å². The molecule has 2 heterocycles. The van der Waals surface area contributed by atoms with Crippen LogP contribution in [-0.4, -0.2) is 16.1 Å². The van der Waals surface area contributed by atoms with Gasteiger partial charge in [0, 0.05) is 10.9 Å². The van der Waals surface area contributed by atoms with Crippen LogP contribution >= 0.6 is 34.5 Å². The molecule has 3 aromatic rings. The van der Waals surface area contributed by atoms with E-state index in [4.69, 9.17) is 23.2 Å². The maximum absolute atomic E-state index is 11.8. The molecule has 0 aliphatic carbocycles. The molecule has 1 unspecified atom stereocenters. The number of halogens is 2. The SMILES string of the molecule is CCC(C)c1ccc2nc(-c3cc(Cl)sc3Cl)cc(C(=O)O)c2c1. The number of fused-ring (bicyclic) bond motifs is 1. The fourth-order valence-corrected chi connectivity index (χ4v) is 4.10. The number of thiophene rings is 1. The number of aromatic nitrogens is 1. The minimum absolute atomic E-state index is 0.221. The molecule has 6 heteroatoms. The summed E-state index contributed by atoms with van der Waals surface area (Å²) < 4.78 is 1.04. The second-order valence-corrected chi connectivity index (χ2v) is 7.97. The number of carboxylic acid groups (broad SMARTS) is 1. The second-order valence-electron chi connectivity index (χ2n) is 5.68. The highest BCUT2D eigenvalue weighted by atomic mass is 35.5. The molecule has 0 radical (unpaired) electrons. The number of hydrogen-bond donors (Lipinski definition) is 1. The Balaban J connectivity index is 2.25. The van der Waals surface area contributed by atoms with E-state index >= 15 is 0 Å². The Hall–Kier alpha value is -1.62. The normalized spacial score (nSPS) is 12.5. The highest BCUT2D eigenvalue weighted by Gasteiger charge is 2.17. The van der Waals surface area contributed by atoms with Crippen LogP contribution in [0.25, 0.3) is 22.2 Å². The molecule has 1 atom stereocenters. The summed E-state index contributed by atoms with van der Waals surface area (Å²) in [6, 6.07) is 9.07. The molecule has 0 amide bonds. The molecule has 0 saturated heterocycles. The van der Waals surface area contributed by atoms with Gasteiger partial charge in [0.15, 0.2) is 0 Å². The Kier molecular flexibility index (Phi) is 4.81. The highest BCUT2D eigenvalue weighted by molar-refractivity contribution is 7.20. The van der Waals surface area contributed by atoms with Gasteiger partial charge in [0.05, 0.1) is 21.1 Å². The van der Waals surface area contributed by atoms with Crippen molar-refractivity contribution in [2.24, 2.45) is 0 Å². The van der Waals surface area contributed by atoms with Crippen LogP contribution < -0.4 is 0 Å². The van der Waals surface area contributed by atoms with Crippen molar-refractivity contribution in [1.29, 1.82) is 0 Å². The number of nitrogens with zero attached hydrogens (tertiary/aromatic N) is 1. The van der Waals surface area contributed by atoms with Crippen LogP contribution in [-0.2, 0) is 0 Å². The van der Waals surface area contributed by atoms with Crippen molar-refractivity contribution in [3.05, 3.63) is 50.1 Å². The van der Waals surface area contributed by atoms with Gasteiger partial charge in [0.2, 0.25) is 0 Å². The van der Waals surface area contributed by atoms with Crippen molar-refractivity contribution in [3.8, 4) is 11.3 Å². The monoisotopic (exact) mass is 379 g/mol. The molecule has 2 aromatic heterocycles. The van der Waals surface area contributed by atoms with E-state index in [0.29, 0.717) is 36.8 Å². The molecule has 0 fully saturated rings. The van der Waals surface area contributed by atoms with Crippen LogP contribution in [0.2, 0.25) is 8.67 Å². The van der Waals surface area contributed by atoms with Gasteiger partial charge in [0.25, 0.3) is 0 Å². The zero-order valence-corrected chi connectivity index (χ0v) is 15.5. The van der Waals surface area contributed by atoms with Gasteiger partial charge in [-0.05, 0) is 42.2 Å². The molecule has 0 spiro atoms. The van der Waals surface area contributed by atoms with E-state index in [2.05, 4.69) is 18.8 Å². The minimum Gasteiger partial charge on any atom is -0.478 e. The summed E-state index contributed by atoms with van der Waals surface area (Å²) in [7, 11) is 0. The van der Waals surface area contributed by atoms with Crippen LogP contribution in [0.4, 0.5) is 0 Å². The summed E-state index contributed by atoms with van der Waals surface area (Å²) in [4.78, 5) is 16.3. The van der Waals surface area contributed by atoms with Crippen LogP contribution in [0.5, 0.6) is 0 Å². The molecular formula is C18H15Cl2NO2S. The van der Waals surface area contributed by atoms with Crippen molar-refractivity contribution in [3.63, 3.8) is 0 Å². The summed E-state index contributed by atoms with van der Waals surface area (Å²) in [5, 5.41) is 10.3. The molecule has 3 rings (SSSR count). The predicted molar refractivity (Wildman–Crippen MR) is 101 cm³/mol. The fourth-order valence-electron chi connectivity index (χ4n) is 2.62. The first-order valence-corrected chi connectivity index (χ1v) is 9.11. The number of benzene rings is 1. The van der Waals surface area contributed by atoms with Crippen LogP contribution in [0.15, 0.2) is 30.3 Å². The molecule has 0 bridgehead atoms. The van der Waals surface area contributed by atoms with E-state index in [9.17, 15) is 9.90 Å². The number of pyridine rings is 1. The Morgan fingerprint density at radius 1 is 1.29 bits per heavy atom. The lowest BCUT2D eigenvalue weighted by molar-refractivity contribution is 0.0699. The summed E-state index contributed by atoms with van der Waals surface area (Å²) in [6.45, 7) is 4.23. The molecular weight excluding hydrogens is 365 g/mol. The van der Waals surface area contributed by atoms with Gasteiger partial charge in [-0.15, -0.1) is 11.3 Å². The molecule has 24 heavy (non-hydrogen) atoms. The van der Waals surface area contributed by atoms with Crippen molar-refractivity contribution >= 4 is 51.4 Å². The third-order valence-corrected chi connectivity index (χ3v) is 5.66. The quantitative estimate of drug-likeness (QED) is 0.563. The lowest BCUT2D eigenvalue weighted by Crippen LogP contribution is -2.01. The minimum atomic E-state index is -0.984. The van der Waals surface area contributed by atoms with Crippen molar-refractivity contribution in [2.45, 2.75) is 26.2 Å². The Bertz CT molecular complexity index is 936. The smallest absolute Gasteiger partial charge is 0.336 e. The van der Waals surface area contributed by atoms with Crippen molar-refractivity contribution in [2.75, 3.05) is 0 Å².